The molecule has 1 saturated carbocycles. The molecule has 2 unspecified atom stereocenters. The van der Waals surface area contributed by atoms with E-state index < -0.39 is 0 Å². The van der Waals surface area contributed by atoms with Gasteiger partial charge < -0.3 is 10.0 Å². The number of amides is 1. The van der Waals surface area contributed by atoms with Gasteiger partial charge in [0.05, 0.1) is 6.61 Å². The van der Waals surface area contributed by atoms with E-state index in [9.17, 15) is 9.90 Å². The second kappa shape index (κ2) is 4.30. The zero-order valence-corrected chi connectivity index (χ0v) is 9.67. The number of aliphatic hydroxyl groups is 1. The third-order valence-corrected chi connectivity index (χ3v) is 4.20. The predicted molar refractivity (Wildman–Crippen MR) is 58.8 cm³/mol. The number of carbonyl (C=O) groups excluding carboxylic acids is 1. The van der Waals surface area contributed by atoms with Crippen molar-refractivity contribution in [3.05, 3.63) is 0 Å². The lowest BCUT2D eigenvalue weighted by molar-refractivity contribution is -0.130. The van der Waals surface area contributed by atoms with Crippen LogP contribution in [0, 0.1) is 11.3 Å². The average molecular weight is 232 g/mol. The molecule has 0 aromatic rings. The first-order chi connectivity index (χ1) is 7.22. The zero-order chi connectivity index (χ0) is 10.9. The van der Waals surface area contributed by atoms with E-state index in [2.05, 4.69) is 0 Å². The number of rotatable bonds is 3. The van der Waals surface area contributed by atoms with Gasteiger partial charge in [-0.2, -0.15) is 0 Å². The normalized spacial score (nSPS) is 34.5. The maximum absolute atomic E-state index is 11.7. The van der Waals surface area contributed by atoms with Crippen LogP contribution in [0.15, 0.2) is 0 Å². The van der Waals surface area contributed by atoms with Gasteiger partial charge in [0.25, 0.3) is 0 Å². The zero-order valence-electron chi connectivity index (χ0n) is 8.91. The molecule has 0 aromatic heterocycles. The molecule has 1 aliphatic carbocycles. The van der Waals surface area contributed by atoms with Crippen LogP contribution in [0.4, 0.5) is 0 Å². The van der Waals surface area contributed by atoms with E-state index >= 15 is 0 Å². The molecule has 0 bridgehead atoms. The number of hydrogen-bond donors (Lipinski definition) is 1. The van der Waals surface area contributed by atoms with Gasteiger partial charge >= 0.3 is 0 Å². The average Bonchev–Trinajstić information content (AvgIpc) is 2.73. The summed E-state index contributed by atoms with van der Waals surface area (Å²) in [4.78, 5) is 13.6. The number of likely N-dealkylation sites (tertiary alicyclic amines) is 1. The maximum Gasteiger partial charge on any atom is 0.223 e. The van der Waals surface area contributed by atoms with E-state index in [0.29, 0.717) is 18.2 Å². The number of hydrogen-bond acceptors (Lipinski definition) is 2. The number of aliphatic hydroxyl groups excluding tert-OH is 1. The van der Waals surface area contributed by atoms with Crippen molar-refractivity contribution >= 4 is 17.5 Å². The number of halogens is 1. The molecule has 1 heterocycles. The highest BCUT2D eigenvalue weighted by Crippen LogP contribution is 2.48. The Morgan fingerprint density at radius 2 is 2.40 bits per heavy atom. The summed E-state index contributed by atoms with van der Waals surface area (Å²) in [5, 5.41) is 9.49. The van der Waals surface area contributed by atoms with Crippen LogP contribution in [-0.4, -0.2) is 41.5 Å². The third kappa shape index (κ3) is 1.87. The molecule has 1 amide bonds. The molecular formula is C11H18ClNO2. The summed E-state index contributed by atoms with van der Waals surface area (Å²) >= 11 is 5.57. The topological polar surface area (TPSA) is 40.5 Å². The first-order valence-corrected chi connectivity index (χ1v) is 6.20. The van der Waals surface area contributed by atoms with Crippen molar-refractivity contribution in [1.82, 2.24) is 4.90 Å². The Morgan fingerprint density at radius 1 is 1.60 bits per heavy atom. The van der Waals surface area contributed by atoms with Crippen LogP contribution in [0.2, 0.25) is 0 Å². The van der Waals surface area contributed by atoms with Crippen LogP contribution >= 0.6 is 11.6 Å². The third-order valence-electron chi connectivity index (χ3n) is 4.02. The highest BCUT2D eigenvalue weighted by Gasteiger charge is 2.49. The second-order valence-electron chi connectivity index (χ2n) is 4.82. The molecule has 2 atom stereocenters. The minimum absolute atomic E-state index is 0.0158. The van der Waals surface area contributed by atoms with E-state index in [-0.39, 0.29) is 17.9 Å². The second-order valence-corrected chi connectivity index (χ2v) is 5.20. The summed E-state index contributed by atoms with van der Waals surface area (Å²) in [5.41, 5.74) is 0.0158. The highest BCUT2D eigenvalue weighted by molar-refractivity contribution is 6.18. The Morgan fingerprint density at radius 3 is 3.00 bits per heavy atom. The number of carbonyl (C=O) groups is 1. The Kier molecular flexibility index (Phi) is 3.21. The fourth-order valence-corrected chi connectivity index (χ4v) is 3.26. The van der Waals surface area contributed by atoms with Crippen LogP contribution in [0.3, 0.4) is 0 Å². The van der Waals surface area contributed by atoms with Crippen molar-refractivity contribution in [2.75, 3.05) is 25.6 Å². The van der Waals surface area contributed by atoms with E-state index in [1.54, 1.807) is 0 Å². The summed E-state index contributed by atoms with van der Waals surface area (Å²) in [7, 11) is 0. The van der Waals surface area contributed by atoms with E-state index in [1.807, 2.05) is 4.90 Å². The Bertz CT molecular complexity index is 259. The molecule has 2 fully saturated rings. The van der Waals surface area contributed by atoms with Gasteiger partial charge in [0, 0.05) is 30.8 Å². The van der Waals surface area contributed by atoms with Gasteiger partial charge in [0.2, 0.25) is 5.91 Å². The van der Waals surface area contributed by atoms with Crippen molar-refractivity contribution in [2.24, 2.45) is 11.3 Å². The fraction of sp³-hybridized carbons (Fsp3) is 0.909. The highest BCUT2D eigenvalue weighted by atomic mass is 35.5. The molecule has 2 aliphatic rings. The lowest BCUT2D eigenvalue weighted by atomic mass is 9.82. The number of fused-ring (bicyclic) bond motifs is 1. The van der Waals surface area contributed by atoms with Gasteiger partial charge in [-0.1, -0.05) is 6.42 Å². The summed E-state index contributed by atoms with van der Waals surface area (Å²) in [6.07, 6.45) is 3.85. The maximum atomic E-state index is 11.7. The summed E-state index contributed by atoms with van der Waals surface area (Å²) < 4.78 is 0. The lowest BCUT2D eigenvalue weighted by Gasteiger charge is -2.25. The van der Waals surface area contributed by atoms with Crippen LogP contribution in [0.25, 0.3) is 0 Å². The van der Waals surface area contributed by atoms with E-state index in [0.717, 1.165) is 25.9 Å². The molecule has 1 aliphatic heterocycles. The molecule has 1 saturated heterocycles. The number of alkyl halides is 1. The predicted octanol–water partition coefficient (Wildman–Crippen LogP) is 1.24. The summed E-state index contributed by atoms with van der Waals surface area (Å²) in [5.74, 6) is 1.06. The molecule has 2 rings (SSSR count). The molecule has 4 heteroatoms. The van der Waals surface area contributed by atoms with Crippen LogP contribution in [0.1, 0.15) is 25.7 Å². The molecule has 0 spiro atoms. The van der Waals surface area contributed by atoms with Crippen molar-refractivity contribution in [1.29, 1.82) is 0 Å². The SMILES string of the molecule is O=C(CCCl)N1CC2CCCC2(CO)C1. The molecule has 0 aromatic carbocycles. The molecular weight excluding hydrogens is 214 g/mol. The van der Waals surface area contributed by atoms with Crippen molar-refractivity contribution < 1.29 is 9.90 Å². The Balaban J connectivity index is 2.01. The molecule has 0 radical (unpaired) electrons. The molecule has 15 heavy (non-hydrogen) atoms. The van der Waals surface area contributed by atoms with Gasteiger partial charge in [-0.05, 0) is 18.8 Å². The summed E-state index contributed by atoms with van der Waals surface area (Å²) in [6, 6.07) is 0. The van der Waals surface area contributed by atoms with E-state index in [4.69, 9.17) is 11.6 Å². The first kappa shape index (κ1) is 11.2. The van der Waals surface area contributed by atoms with Gasteiger partial charge in [0.15, 0.2) is 0 Å². The molecule has 1 N–H and O–H groups in total. The van der Waals surface area contributed by atoms with Crippen LogP contribution in [0.5, 0.6) is 0 Å². The van der Waals surface area contributed by atoms with Gasteiger partial charge in [-0.25, -0.2) is 0 Å². The van der Waals surface area contributed by atoms with Crippen molar-refractivity contribution in [3.8, 4) is 0 Å². The minimum atomic E-state index is 0.0158. The Labute approximate surface area is 95.4 Å². The largest absolute Gasteiger partial charge is 0.396 e. The van der Waals surface area contributed by atoms with Crippen molar-refractivity contribution in [2.45, 2.75) is 25.7 Å². The number of nitrogens with zero attached hydrogens (tertiary/aromatic N) is 1. The first-order valence-electron chi connectivity index (χ1n) is 5.66. The van der Waals surface area contributed by atoms with Gasteiger partial charge in [-0.3, -0.25) is 4.79 Å². The van der Waals surface area contributed by atoms with Crippen molar-refractivity contribution in [3.63, 3.8) is 0 Å². The fourth-order valence-electron chi connectivity index (χ4n) is 3.10. The minimum Gasteiger partial charge on any atom is -0.396 e. The smallest absolute Gasteiger partial charge is 0.223 e. The van der Waals surface area contributed by atoms with Gasteiger partial charge in [0.1, 0.15) is 0 Å². The lowest BCUT2D eigenvalue weighted by Crippen LogP contribution is -2.34. The summed E-state index contributed by atoms with van der Waals surface area (Å²) in [6.45, 7) is 1.79. The standard InChI is InChI=1S/C11H18ClNO2/c12-5-3-10(15)13-6-9-2-1-4-11(9,7-13)8-14/h9,14H,1-8H2. The van der Waals surface area contributed by atoms with Crippen LogP contribution < -0.4 is 0 Å². The monoisotopic (exact) mass is 231 g/mol. The van der Waals surface area contributed by atoms with Gasteiger partial charge in [-0.15, -0.1) is 11.6 Å². The van der Waals surface area contributed by atoms with Crippen LogP contribution in [-0.2, 0) is 4.79 Å². The molecule has 86 valence electrons. The van der Waals surface area contributed by atoms with E-state index in [1.165, 1.54) is 6.42 Å². The quantitative estimate of drug-likeness (QED) is 0.743. The molecule has 3 nitrogen and oxygen atoms in total. The Hall–Kier alpha value is -0.280.